The average Bonchev–Trinajstić information content (AvgIpc) is 3.26. The van der Waals surface area contributed by atoms with Crippen molar-refractivity contribution in [2.45, 2.75) is 39.7 Å². The summed E-state index contributed by atoms with van der Waals surface area (Å²) >= 11 is 0. The van der Waals surface area contributed by atoms with Crippen LogP contribution in [-0.4, -0.2) is 48.5 Å². The van der Waals surface area contributed by atoms with Gasteiger partial charge in [0, 0.05) is 51.2 Å². The van der Waals surface area contributed by atoms with Gasteiger partial charge in [0.2, 0.25) is 0 Å². The molecule has 6 nitrogen and oxygen atoms in total. The third kappa shape index (κ3) is 6.10. The third-order valence-electron chi connectivity index (χ3n) is 5.74. The van der Waals surface area contributed by atoms with E-state index in [1.54, 1.807) is 0 Å². The van der Waals surface area contributed by atoms with Crippen LogP contribution < -0.4 is 15.5 Å². The van der Waals surface area contributed by atoms with Gasteiger partial charge in [0.05, 0.1) is 5.69 Å². The van der Waals surface area contributed by atoms with E-state index in [2.05, 4.69) is 76.7 Å². The summed E-state index contributed by atoms with van der Waals surface area (Å²) in [6.07, 6.45) is 2.15. The number of nitrogens with one attached hydrogen (secondary N) is 2. The van der Waals surface area contributed by atoms with Gasteiger partial charge in [-0.2, -0.15) is 5.10 Å². The number of aromatic nitrogens is 2. The van der Waals surface area contributed by atoms with E-state index >= 15 is 0 Å². The van der Waals surface area contributed by atoms with Crippen molar-refractivity contribution in [3.05, 3.63) is 47.3 Å². The second-order valence-corrected chi connectivity index (χ2v) is 7.91. The van der Waals surface area contributed by atoms with E-state index in [0.717, 1.165) is 37.7 Å². The number of para-hydroxylation sites is 1. The lowest BCUT2D eigenvalue weighted by atomic mass is 10.1. The minimum atomic E-state index is 0. The first-order chi connectivity index (χ1) is 13.5. The van der Waals surface area contributed by atoms with Gasteiger partial charge in [-0.05, 0) is 57.2 Å². The van der Waals surface area contributed by atoms with Crippen LogP contribution in [0.15, 0.2) is 35.3 Å². The van der Waals surface area contributed by atoms with E-state index in [1.807, 2.05) is 18.8 Å². The molecule has 3 rings (SSSR count). The second-order valence-electron chi connectivity index (χ2n) is 7.91. The van der Waals surface area contributed by atoms with Crippen LogP contribution in [0.25, 0.3) is 0 Å². The number of aliphatic imine (C=N–C) groups is 1. The van der Waals surface area contributed by atoms with Crippen molar-refractivity contribution in [1.82, 2.24) is 20.4 Å². The molecule has 29 heavy (non-hydrogen) atoms. The Morgan fingerprint density at radius 3 is 2.62 bits per heavy atom. The summed E-state index contributed by atoms with van der Waals surface area (Å²) in [5.41, 5.74) is 5.00. The molecule has 1 saturated heterocycles. The molecule has 0 aliphatic carbocycles. The fourth-order valence-electron chi connectivity index (χ4n) is 4.01. The molecule has 7 heteroatoms. The van der Waals surface area contributed by atoms with Gasteiger partial charge in [-0.15, -0.1) is 24.0 Å². The van der Waals surface area contributed by atoms with Gasteiger partial charge in [-0.1, -0.05) is 18.2 Å². The minimum Gasteiger partial charge on any atom is -0.371 e. The molecule has 0 amide bonds. The lowest BCUT2D eigenvalue weighted by Gasteiger charge is -2.21. The SMILES string of the molecule is CN=C(NCC1CCN(c2ccccc2)C1)NC(C)Cc1c(C)nn(C)c1C.I. The molecule has 2 atom stereocenters. The normalized spacial score (nSPS) is 17.8. The molecule has 0 radical (unpaired) electrons. The molecule has 2 heterocycles. The van der Waals surface area contributed by atoms with E-state index in [9.17, 15) is 0 Å². The Hall–Kier alpha value is -1.77. The number of hydrogen-bond acceptors (Lipinski definition) is 3. The number of aryl methyl sites for hydroxylation is 2. The Balaban J connectivity index is 0.00000300. The van der Waals surface area contributed by atoms with E-state index in [4.69, 9.17) is 0 Å². The molecule has 160 valence electrons. The summed E-state index contributed by atoms with van der Waals surface area (Å²) in [7, 11) is 3.85. The number of rotatable bonds is 6. The smallest absolute Gasteiger partial charge is 0.191 e. The molecular weight excluding hydrogens is 475 g/mol. The molecular formula is C22H35IN6. The minimum absolute atomic E-state index is 0. The molecule has 1 aliphatic heterocycles. The van der Waals surface area contributed by atoms with Gasteiger partial charge in [-0.25, -0.2) is 0 Å². The topological polar surface area (TPSA) is 57.5 Å². The highest BCUT2D eigenvalue weighted by molar-refractivity contribution is 14.0. The molecule has 2 unspecified atom stereocenters. The molecule has 2 aromatic rings. The molecule has 0 spiro atoms. The zero-order valence-electron chi connectivity index (χ0n) is 18.3. The first kappa shape index (κ1) is 23.5. The number of nitrogens with zero attached hydrogens (tertiary/aromatic N) is 4. The molecule has 0 bridgehead atoms. The highest BCUT2D eigenvalue weighted by Crippen LogP contribution is 2.23. The zero-order valence-corrected chi connectivity index (χ0v) is 20.6. The molecule has 2 N–H and O–H groups in total. The van der Waals surface area contributed by atoms with Crippen LogP contribution in [0.5, 0.6) is 0 Å². The van der Waals surface area contributed by atoms with Crippen molar-refractivity contribution >= 4 is 35.6 Å². The molecule has 1 fully saturated rings. The van der Waals surface area contributed by atoms with Crippen LogP contribution in [0.1, 0.15) is 30.3 Å². The standard InChI is InChI=1S/C22H34N6.HI/c1-16(13-21-17(2)26-27(5)18(21)3)25-22(23-4)24-14-19-11-12-28(15-19)20-9-7-6-8-10-20;/h6-10,16,19H,11-15H2,1-5H3,(H2,23,24,25);1H. The fraction of sp³-hybridized carbons (Fsp3) is 0.545. The summed E-state index contributed by atoms with van der Waals surface area (Å²) in [5.74, 6) is 1.52. The van der Waals surface area contributed by atoms with E-state index in [0.29, 0.717) is 5.92 Å². The molecule has 1 aromatic carbocycles. The highest BCUT2D eigenvalue weighted by atomic mass is 127. The van der Waals surface area contributed by atoms with Gasteiger partial charge in [0.15, 0.2) is 5.96 Å². The van der Waals surface area contributed by atoms with Crippen molar-refractivity contribution < 1.29 is 0 Å². The lowest BCUT2D eigenvalue weighted by Crippen LogP contribution is -2.45. The number of hydrogen-bond donors (Lipinski definition) is 2. The quantitative estimate of drug-likeness (QED) is 0.356. The zero-order chi connectivity index (χ0) is 20.1. The van der Waals surface area contributed by atoms with Crippen molar-refractivity contribution in [3.63, 3.8) is 0 Å². The Labute approximate surface area is 192 Å². The summed E-state index contributed by atoms with van der Waals surface area (Å²) in [6.45, 7) is 9.58. The van der Waals surface area contributed by atoms with Crippen LogP contribution in [-0.2, 0) is 13.5 Å². The summed E-state index contributed by atoms with van der Waals surface area (Å²) in [4.78, 5) is 6.89. The van der Waals surface area contributed by atoms with Crippen LogP contribution in [0.4, 0.5) is 5.69 Å². The average molecular weight is 510 g/mol. The predicted octanol–water partition coefficient (Wildman–Crippen LogP) is 3.28. The molecule has 1 aromatic heterocycles. The molecule has 0 saturated carbocycles. The van der Waals surface area contributed by atoms with Crippen molar-refractivity contribution in [2.24, 2.45) is 18.0 Å². The maximum atomic E-state index is 4.52. The highest BCUT2D eigenvalue weighted by Gasteiger charge is 2.23. The monoisotopic (exact) mass is 510 g/mol. The Morgan fingerprint density at radius 1 is 1.28 bits per heavy atom. The summed E-state index contributed by atoms with van der Waals surface area (Å²) in [6, 6.07) is 11.0. The maximum absolute atomic E-state index is 4.52. The van der Waals surface area contributed by atoms with Crippen LogP contribution in [0.2, 0.25) is 0 Å². The lowest BCUT2D eigenvalue weighted by molar-refractivity contribution is 0.556. The van der Waals surface area contributed by atoms with Crippen molar-refractivity contribution in [3.8, 4) is 0 Å². The fourth-order valence-corrected chi connectivity index (χ4v) is 4.01. The molecule has 1 aliphatic rings. The van der Waals surface area contributed by atoms with Crippen molar-refractivity contribution in [2.75, 3.05) is 31.6 Å². The Bertz CT molecular complexity index is 801. The second kappa shape index (κ2) is 10.8. The van der Waals surface area contributed by atoms with Crippen LogP contribution in [0, 0.1) is 19.8 Å². The van der Waals surface area contributed by atoms with Gasteiger partial charge in [-0.3, -0.25) is 9.67 Å². The van der Waals surface area contributed by atoms with Crippen LogP contribution >= 0.6 is 24.0 Å². The largest absolute Gasteiger partial charge is 0.371 e. The summed E-state index contributed by atoms with van der Waals surface area (Å²) < 4.78 is 1.96. The Morgan fingerprint density at radius 2 is 2.00 bits per heavy atom. The van der Waals surface area contributed by atoms with Crippen molar-refractivity contribution in [1.29, 1.82) is 0 Å². The number of anilines is 1. The third-order valence-corrected chi connectivity index (χ3v) is 5.74. The first-order valence-corrected chi connectivity index (χ1v) is 10.2. The van der Waals surface area contributed by atoms with E-state index in [-0.39, 0.29) is 30.0 Å². The van der Waals surface area contributed by atoms with E-state index < -0.39 is 0 Å². The van der Waals surface area contributed by atoms with Gasteiger partial charge in [0.1, 0.15) is 0 Å². The van der Waals surface area contributed by atoms with E-state index in [1.165, 1.54) is 23.4 Å². The number of guanidine groups is 1. The van der Waals surface area contributed by atoms with Crippen LogP contribution in [0.3, 0.4) is 0 Å². The number of benzene rings is 1. The number of halogens is 1. The maximum Gasteiger partial charge on any atom is 0.191 e. The Kier molecular flexibility index (Phi) is 8.79. The summed E-state index contributed by atoms with van der Waals surface area (Å²) in [5, 5.41) is 11.6. The predicted molar refractivity (Wildman–Crippen MR) is 133 cm³/mol. The van der Waals surface area contributed by atoms with Gasteiger partial charge < -0.3 is 15.5 Å². The first-order valence-electron chi connectivity index (χ1n) is 10.2. The van der Waals surface area contributed by atoms with Gasteiger partial charge >= 0.3 is 0 Å². The van der Waals surface area contributed by atoms with Gasteiger partial charge in [0.25, 0.3) is 0 Å².